The van der Waals surface area contributed by atoms with Crippen LogP contribution in [-0.2, 0) is 6.54 Å². The molecule has 0 aliphatic rings. The van der Waals surface area contributed by atoms with Gasteiger partial charge in [0.05, 0.1) is 18.5 Å². The van der Waals surface area contributed by atoms with Crippen molar-refractivity contribution in [2.45, 2.75) is 32.7 Å². The van der Waals surface area contributed by atoms with Crippen molar-refractivity contribution >= 4 is 11.9 Å². The van der Waals surface area contributed by atoms with Gasteiger partial charge < -0.3 is 9.52 Å². The lowest BCUT2D eigenvalue weighted by molar-refractivity contribution is 0.392. The van der Waals surface area contributed by atoms with E-state index < -0.39 is 17.1 Å². The van der Waals surface area contributed by atoms with E-state index in [4.69, 9.17) is 4.42 Å². The number of H-pyrrole nitrogens is 1. The number of nitrogens with zero attached hydrogens (tertiary/aromatic N) is 2. The van der Waals surface area contributed by atoms with Gasteiger partial charge in [0.2, 0.25) is 5.88 Å². The smallest absolute Gasteiger partial charge is 0.331 e. The van der Waals surface area contributed by atoms with Crippen molar-refractivity contribution in [2.75, 3.05) is 0 Å². The molecule has 2 N–H and O–H groups in total. The van der Waals surface area contributed by atoms with Gasteiger partial charge in [0.1, 0.15) is 11.3 Å². The van der Waals surface area contributed by atoms with E-state index in [-0.39, 0.29) is 12.1 Å². The molecule has 3 aromatic rings. The van der Waals surface area contributed by atoms with E-state index >= 15 is 0 Å². The molecule has 1 atom stereocenters. The van der Waals surface area contributed by atoms with E-state index in [0.717, 1.165) is 11.0 Å². The summed E-state index contributed by atoms with van der Waals surface area (Å²) in [7, 11) is 0. The van der Waals surface area contributed by atoms with E-state index in [1.807, 2.05) is 24.3 Å². The topological polar surface area (TPSA) is 101 Å². The molecule has 0 aliphatic carbocycles. The maximum Gasteiger partial charge on any atom is 0.331 e. The minimum atomic E-state index is -0.719. The Morgan fingerprint density at radius 3 is 2.63 bits per heavy atom. The number of aromatic nitrogens is 2. The van der Waals surface area contributed by atoms with Crippen molar-refractivity contribution in [1.29, 1.82) is 0 Å². The highest BCUT2D eigenvalue weighted by Gasteiger charge is 2.14. The summed E-state index contributed by atoms with van der Waals surface area (Å²) < 4.78 is 6.21. The molecule has 0 radical (unpaired) electrons. The average Bonchev–Trinajstić information content (AvgIpc) is 3.18. The largest absolute Gasteiger partial charge is 0.494 e. The number of hydrogen-bond acceptors (Lipinski definition) is 5. The summed E-state index contributed by atoms with van der Waals surface area (Å²) in [6, 6.07) is 11.0. The summed E-state index contributed by atoms with van der Waals surface area (Å²) in [5, 5.41) is 10.4. The van der Waals surface area contributed by atoms with Gasteiger partial charge in [0.25, 0.3) is 5.56 Å². The Morgan fingerprint density at radius 2 is 2.00 bits per heavy atom. The summed E-state index contributed by atoms with van der Waals surface area (Å²) in [6.45, 7) is 4.28. The molecule has 0 spiro atoms. The second-order valence-corrected chi connectivity index (χ2v) is 6.32. The minimum absolute atomic E-state index is 0.00110. The molecule has 2 aromatic heterocycles. The van der Waals surface area contributed by atoms with Gasteiger partial charge in [-0.15, -0.1) is 0 Å². The molecule has 7 nitrogen and oxygen atoms in total. The number of aromatic amines is 1. The lowest BCUT2D eigenvalue weighted by atomic mass is 9.99. The predicted molar refractivity (Wildman–Crippen MR) is 103 cm³/mol. The lowest BCUT2D eigenvalue weighted by Gasteiger charge is -2.09. The molecule has 0 bridgehead atoms. The summed E-state index contributed by atoms with van der Waals surface area (Å²) in [6.07, 6.45) is 3.77. The van der Waals surface area contributed by atoms with Crippen LogP contribution in [-0.4, -0.2) is 20.9 Å². The van der Waals surface area contributed by atoms with E-state index in [9.17, 15) is 14.7 Å². The number of aromatic hydroxyl groups is 1. The first-order chi connectivity index (χ1) is 13.0. The van der Waals surface area contributed by atoms with Crippen LogP contribution in [0.2, 0.25) is 0 Å². The number of aliphatic imine (C=N–C) groups is 1. The Morgan fingerprint density at radius 1 is 1.26 bits per heavy atom. The highest BCUT2D eigenvalue weighted by molar-refractivity contribution is 5.84. The molecule has 0 aliphatic heterocycles. The molecule has 0 saturated heterocycles. The quantitative estimate of drug-likeness (QED) is 0.654. The van der Waals surface area contributed by atoms with Crippen LogP contribution in [0.25, 0.3) is 0 Å². The van der Waals surface area contributed by atoms with Gasteiger partial charge in [0.15, 0.2) is 0 Å². The van der Waals surface area contributed by atoms with Crippen molar-refractivity contribution in [3.63, 3.8) is 0 Å². The van der Waals surface area contributed by atoms with E-state index in [1.54, 1.807) is 12.1 Å². The van der Waals surface area contributed by atoms with E-state index in [0.29, 0.717) is 17.4 Å². The molecule has 0 fully saturated rings. The van der Waals surface area contributed by atoms with Crippen LogP contribution in [0.3, 0.4) is 0 Å². The zero-order valence-corrected chi connectivity index (χ0v) is 15.2. The van der Waals surface area contributed by atoms with Gasteiger partial charge in [0, 0.05) is 6.21 Å². The Kier molecular flexibility index (Phi) is 5.40. The van der Waals surface area contributed by atoms with Crippen LogP contribution in [0.15, 0.2) is 61.7 Å². The first-order valence-electron chi connectivity index (χ1n) is 8.72. The van der Waals surface area contributed by atoms with Crippen LogP contribution in [0.4, 0.5) is 5.69 Å². The minimum Gasteiger partial charge on any atom is -0.494 e. The lowest BCUT2D eigenvalue weighted by Crippen LogP contribution is -2.32. The number of benzene rings is 1. The average molecular weight is 367 g/mol. The van der Waals surface area contributed by atoms with Gasteiger partial charge in [-0.05, 0) is 42.2 Å². The molecular formula is C20H21N3O4. The zero-order chi connectivity index (χ0) is 19.4. The van der Waals surface area contributed by atoms with Crippen molar-refractivity contribution in [3.05, 3.63) is 80.4 Å². The van der Waals surface area contributed by atoms with Crippen LogP contribution < -0.4 is 11.2 Å². The number of furan rings is 1. The third-order valence-corrected chi connectivity index (χ3v) is 4.52. The second kappa shape index (κ2) is 7.90. The van der Waals surface area contributed by atoms with E-state index in [2.05, 4.69) is 23.8 Å². The maximum absolute atomic E-state index is 12.1. The van der Waals surface area contributed by atoms with Crippen molar-refractivity contribution in [1.82, 2.24) is 9.55 Å². The van der Waals surface area contributed by atoms with Crippen LogP contribution in [0.1, 0.15) is 43.1 Å². The summed E-state index contributed by atoms with van der Waals surface area (Å²) in [4.78, 5) is 30.5. The zero-order valence-electron chi connectivity index (χ0n) is 15.2. The Bertz CT molecular complexity index is 1040. The maximum atomic E-state index is 12.1. The molecule has 7 heteroatoms. The SMILES string of the molecule is CC[C@H](C)c1ccc(N=Cc2c(O)n(Cc3ccco3)c(=O)[nH]c2=O)cc1. The normalized spacial score (nSPS) is 12.5. The van der Waals surface area contributed by atoms with Gasteiger partial charge in [-0.1, -0.05) is 26.0 Å². The molecule has 1 aromatic carbocycles. The summed E-state index contributed by atoms with van der Waals surface area (Å²) in [5.41, 5.74) is 0.345. The molecule has 2 heterocycles. The number of nitrogens with one attached hydrogen (secondary N) is 1. The van der Waals surface area contributed by atoms with Gasteiger partial charge in [-0.3, -0.25) is 19.3 Å². The van der Waals surface area contributed by atoms with Gasteiger partial charge >= 0.3 is 5.69 Å². The van der Waals surface area contributed by atoms with E-state index in [1.165, 1.54) is 18.0 Å². The van der Waals surface area contributed by atoms with Gasteiger partial charge in [-0.25, -0.2) is 4.79 Å². The van der Waals surface area contributed by atoms with Crippen LogP contribution >= 0.6 is 0 Å². The Balaban J connectivity index is 1.91. The molecule has 27 heavy (non-hydrogen) atoms. The summed E-state index contributed by atoms with van der Waals surface area (Å²) >= 11 is 0. The molecule has 3 rings (SSSR count). The fourth-order valence-corrected chi connectivity index (χ4v) is 2.66. The molecule has 0 amide bonds. The van der Waals surface area contributed by atoms with Crippen LogP contribution in [0, 0.1) is 0 Å². The number of hydrogen-bond donors (Lipinski definition) is 2. The standard InChI is InChI=1S/C20H21N3O4/c1-3-13(2)14-6-8-15(9-7-14)21-11-17-18(24)22-20(26)23(19(17)25)12-16-5-4-10-27-16/h4-11,13,25H,3,12H2,1-2H3,(H,22,24,26)/t13-/m0/s1. The molecular weight excluding hydrogens is 346 g/mol. The van der Waals surface area contributed by atoms with Crippen molar-refractivity contribution < 1.29 is 9.52 Å². The third-order valence-electron chi connectivity index (χ3n) is 4.52. The first kappa shape index (κ1) is 18.4. The molecule has 0 saturated carbocycles. The number of rotatable bonds is 6. The van der Waals surface area contributed by atoms with Crippen molar-refractivity contribution in [2.24, 2.45) is 4.99 Å². The van der Waals surface area contributed by atoms with Gasteiger partial charge in [-0.2, -0.15) is 0 Å². The molecule has 0 unspecified atom stereocenters. The Labute approximate surface area is 155 Å². The fourth-order valence-electron chi connectivity index (χ4n) is 2.66. The Hall–Kier alpha value is -3.35. The first-order valence-corrected chi connectivity index (χ1v) is 8.72. The highest BCUT2D eigenvalue weighted by atomic mass is 16.3. The second-order valence-electron chi connectivity index (χ2n) is 6.32. The van der Waals surface area contributed by atoms with Crippen LogP contribution in [0.5, 0.6) is 5.88 Å². The third kappa shape index (κ3) is 4.08. The highest BCUT2D eigenvalue weighted by Crippen LogP contribution is 2.22. The predicted octanol–water partition coefficient (Wildman–Crippen LogP) is 3.15. The fraction of sp³-hybridized carbons (Fsp3) is 0.250. The molecule has 140 valence electrons. The summed E-state index contributed by atoms with van der Waals surface area (Å²) in [5.74, 6) is 0.475. The van der Waals surface area contributed by atoms with Crippen molar-refractivity contribution in [3.8, 4) is 5.88 Å². The monoisotopic (exact) mass is 367 g/mol.